The predicted octanol–water partition coefficient (Wildman–Crippen LogP) is 2.60. The first-order valence-corrected chi connectivity index (χ1v) is 7.58. The van der Waals surface area contributed by atoms with Gasteiger partial charge in [0.2, 0.25) is 5.91 Å². The Hall–Kier alpha value is -2.05. The Kier molecular flexibility index (Phi) is 5.41. The van der Waals surface area contributed by atoms with Crippen LogP contribution in [0.25, 0.3) is 10.4 Å². The highest BCUT2D eigenvalue weighted by Crippen LogP contribution is 2.23. The third-order valence-corrected chi connectivity index (χ3v) is 4.11. The molecule has 2 atom stereocenters. The molecule has 1 fully saturated rings. The van der Waals surface area contributed by atoms with E-state index in [-0.39, 0.29) is 31.2 Å². The summed E-state index contributed by atoms with van der Waals surface area (Å²) in [6.07, 6.45) is 0.468. The maximum atomic E-state index is 12.1. The van der Waals surface area contributed by atoms with E-state index in [1.807, 2.05) is 24.3 Å². The summed E-state index contributed by atoms with van der Waals surface area (Å²) in [7, 11) is 0. The van der Waals surface area contributed by atoms with Gasteiger partial charge in [0.05, 0.1) is 0 Å². The van der Waals surface area contributed by atoms with Crippen molar-refractivity contribution >= 4 is 27.8 Å². The summed E-state index contributed by atoms with van der Waals surface area (Å²) < 4.78 is 0.864. The quantitative estimate of drug-likeness (QED) is 0.474. The van der Waals surface area contributed by atoms with Crippen molar-refractivity contribution in [1.82, 2.24) is 4.90 Å². The predicted molar refractivity (Wildman–Crippen MR) is 83.1 cm³/mol. The Morgan fingerprint density at radius 1 is 1.59 bits per heavy atom. The largest absolute Gasteiger partial charge is 0.480 e. The second kappa shape index (κ2) is 7.29. The fourth-order valence-electron chi connectivity index (χ4n) is 2.60. The molecule has 1 aromatic carbocycles. The highest BCUT2D eigenvalue weighted by atomic mass is 79.9. The number of aliphatic carboxylic acids is 1. The summed E-state index contributed by atoms with van der Waals surface area (Å²) in [5.74, 6) is -1.36. The molecule has 0 saturated carbocycles. The number of carboxylic acids is 1. The van der Waals surface area contributed by atoms with Gasteiger partial charge in [-0.05, 0) is 29.1 Å². The van der Waals surface area contributed by atoms with Crippen LogP contribution in [0.4, 0.5) is 0 Å². The maximum Gasteiger partial charge on any atom is 0.326 e. The van der Waals surface area contributed by atoms with E-state index >= 15 is 0 Å². The fourth-order valence-corrected chi connectivity index (χ4v) is 3.05. The van der Waals surface area contributed by atoms with Crippen LogP contribution in [-0.2, 0) is 16.0 Å². The lowest BCUT2D eigenvalue weighted by Gasteiger charge is -2.24. The highest BCUT2D eigenvalue weighted by Gasteiger charge is 2.37. The summed E-state index contributed by atoms with van der Waals surface area (Å²) in [6.45, 7) is 0.519. The van der Waals surface area contributed by atoms with E-state index in [0.717, 1.165) is 10.0 Å². The molecule has 2 rings (SSSR count). The molecule has 22 heavy (non-hydrogen) atoms. The van der Waals surface area contributed by atoms with Crippen molar-refractivity contribution in [3.05, 3.63) is 44.7 Å². The smallest absolute Gasteiger partial charge is 0.326 e. The van der Waals surface area contributed by atoms with Gasteiger partial charge in [-0.1, -0.05) is 33.2 Å². The molecule has 1 unspecified atom stereocenters. The molecule has 0 aliphatic carbocycles. The van der Waals surface area contributed by atoms with Crippen molar-refractivity contribution in [2.24, 2.45) is 11.0 Å². The second-order valence-electron chi connectivity index (χ2n) is 5.22. The minimum atomic E-state index is -1.03. The molecule has 1 saturated heterocycles. The van der Waals surface area contributed by atoms with Crippen molar-refractivity contribution in [1.29, 1.82) is 0 Å². The number of carbonyl (C=O) groups excluding carboxylic acids is 1. The fraction of sp³-hybridized carbons (Fsp3) is 0.429. The number of azide groups is 1. The lowest BCUT2D eigenvalue weighted by atomic mass is 10.0. The average Bonchev–Trinajstić information content (AvgIpc) is 2.83. The number of nitrogens with zero attached hydrogens (tertiary/aromatic N) is 4. The second-order valence-corrected chi connectivity index (χ2v) is 6.13. The van der Waals surface area contributed by atoms with Crippen LogP contribution < -0.4 is 0 Å². The first-order valence-electron chi connectivity index (χ1n) is 6.79. The lowest BCUT2D eigenvalue weighted by molar-refractivity contribution is -0.148. The summed E-state index contributed by atoms with van der Waals surface area (Å²) in [6, 6.07) is 6.45. The normalized spacial score (nSPS) is 18.9. The van der Waals surface area contributed by atoms with Crippen LogP contribution in [0.5, 0.6) is 0 Å². The number of amides is 1. The number of benzene rings is 1. The zero-order valence-corrected chi connectivity index (χ0v) is 13.3. The van der Waals surface area contributed by atoms with E-state index in [4.69, 9.17) is 5.53 Å². The number of rotatable bonds is 6. The zero-order valence-electron chi connectivity index (χ0n) is 11.7. The molecule has 0 bridgehead atoms. The molecule has 1 aliphatic heterocycles. The molecule has 0 radical (unpaired) electrons. The summed E-state index contributed by atoms with van der Waals surface area (Å²) >= 11 is 3.35. The Balaban J connectivity index is 2.12. The number of hydrogen-bond donors (Lipinski definition) is 1. The Morgan fingerprint density at radius 2 is 2.36 bits per heavy atom. The van der Waals surface area contributed by atoms with Crippen molar-refractivity contribution in [3.63, 3.8) is 0 Å². The van der Waals surface area contributed by atoms with E-state index < -0.39 is 12.0 Å². The van der Waals surface area contributed by atoms with Crippen molar-refractivity contribution < 1.29 is 14.7 Å². The molecular weight excluding hydrogens is 352 g/mol. The molecule has 1 N–H and O–H groups in total. The molecule has 1 amide bonds. The van der Waals surface area contributed by atoms with Gasteiger partial charge in [0.1, 0.15) is 6.04 Å². The first-order chi connectivity index (χ1) is 10.5. The van der Waals surface area contributed by atoms with E-state index in [9.17, 15) is 14.7 Å². The third-order valence-electron chi connectivity index (χ3n) is 3.62. The van der Waals surface area contributed by atoms with Crippen molar-refractivity contribution in [3.8, 4) is 0 Å². The maximum absolute atomic E-state index is 12.1. The van der Waals surface area contributed by atoms with Crippen LogP contribution in [0.2, 0.25) is 0 Å². The SMILES string of the molecule is [N-]=[N+]=NCC1CC(=O)N([C@@H](Cc2cccc(Br)c2)C(=O)O)C1. The first kappa shape index (κ1) is 16.3. The summed E-state index contributed by atoms with van der Waals surface area (Å²) in [5.41, 5.74) is 9.18. The molecular formula is C14H15BrN4O3. The van der Waals surface area contributed by atoms with Gasteiger partial charge in [-0.3, -0.25) is 4.79 Å². The van der Waals surface area contributed by atoms with Gasteiger partial charge in [-0.2, -0.15) is 0 Å². The van der Waals surface area contributed by atoms with Gasteiger partial charge in [0.15, 0.2) is 0 Å². The molecule has 1 heterocycles. The topological polar surface area (TPSA) is 106 Å². The van der Waals surface area contributed by atoms with Crippen LogP contribution in [0.15, 0.2) is 33.9 Å². The number of halogens is 1. The molecule has 0 spiro atoms. The lowest BCUT2D eigenvalue weighted by Crippen LogP contribution is -2.43. The molecule has 1 aliphatic rings. The van der Waals surface area contributed by atoms with Gasteiger partial charge in [0.25, 0.3) is 0 Å². The molecule has 116 valence electrons. The van der Waals surface area contributed by atoms with Crippen molar-refractivity contribution in [2.45, 2.75) is 18.9 Å². The molecule has 7 nitrogen and oxygen atoms in total. The standard InChI is InChI=1S/C14H15BrN4O3/c15-11-3-1-2-9(4-11)5-12(14(21)22)19-8-10(6-13(19)20)7-17-18-16/h1-4,10,12H,5-8H2,(H,21,22)/t10?,12-/m0/s1. The van der Waals surface area contributed by atoms with Gasteiger partial charge in [-0.15, -0.1) is 0 Å². The van der Waals surface area contributed by atoms with E-state index in [2.05, 4.69) is 26.0 Å². The summed E-state index contributed by atoms with van der Waals surface area (Å²) in [5, 5.41) is 12.9. The minimum absolute atomic E-state index is 0.118. The third kappa shape index (κ3) is 3.99. The molecule has 1 aromatic rings. The van der Waals surface area contributed by atoms with Crippen LogP contribution >= 0.6 is 15.9 Å². The van der Waals surface area contributed by atoms with E-state index in [1.165, 1.54) is 4.90 Å². The minimum Gasteiger partial charge on any atom is -0.480 e. The number of carboxylic acid groups (broad SMARTS) is 1. The molecule has 0 aromatic heterocycles. The Morgan fingerprint density at radius 3 is 3.00 bits per heavy atom. The van der Waals surface area contributed by atoms with Crippen LogP contribution in [0.1, 0.15) is 12.0 Å². The number of likely N-dealkylation sites (tertiary alicyclic amines) is 1. The zero-order chi connectivity index (χ0) is 16.1. The highest BCUT2D eigenvalue weighted by molar-refractivity contribution is 9.10. The van der Waals surface area contributed by atoms with Crippen LogP contribution in [0, 0.1) is 5.92 Å². The Labute approximate surface area is 135 Å². The van der Waals surface area contributed by atoms with Crippen molar-refractivity contribution in [2.75, 3.05) is 13.1 Å². The number of hydrogen-bond acceptors (Lipinski definition) is 3. The van der Waals surface area contributed by atoms with E-state index in [0.29, 0.717) is 6.54 Å². The van der Waals surface area contributed by atoms with Gasteiger partial charge < -0.3 is 10.0 Å². The van der Waals surface area contributed by atoms with Crippen LogP contribution in [-0.4, -0.2) is 41.0 Å². The Bertz CT molecular complexity index is 630. The van der Waals surface area contributed by atoms with Gasteiger partial charge in [0, 0.05) is 35.3 Å². The van der Waals surface area contributed by atoms with E-state index in [1.54, 1.807) is 0 Å². The molecule has 8 heteroatoms. The van der Waals surface area contributed by atoms with Gasteiger partial charge in [-0.25, -0.2) is 4.79 Å². The summed E-state index contributed by atoms with van der Waals surface area (Å²) in [4.78, 5) is 27.7. The monoisotopic (exact) mass is 366 g/mol. The van der Waals surface area contributed by atoms with Gasteiger partial charge >= 0.3 is 5.97 Å². The number of carbonyl (C=O) groups is 2. The average molecular weight is 367 g/mol. The van der Waals surface area contributed by atoms with Crippen LogP contribution in [0.3, 0.4) is 0 Å².